The third kappa shape index (κ3) is 8.29. The molecular formula is C37H50N4O11. The van der Waals surface area contributed by atoms with Gasteiger partial charge in [0.2, 0.25) is 5.91 Å². The molecule has 15 nitrogen and oxygen atoms in total. The molecule has 6 rings (SSSR count). The van der Waals surface area contributed by atoms with Gasteiger partial charge in [0.1, 0.15) is 61.5 Å². The number of carbonyl (C=O) groups is 1. The second kappa shape index (κ2) is 16.9. The van der Waals surface area contributed by atoms with E-state index >= 15 is 0 Å². The summed E-state index contributed by atoms with van der Waals surface area (Å²) in [7, 11) is 2.10. The number of aliphatic hydroxyl groups excluding tert-OH is 8. The molecule has 52 heavy (non-hydrogen) atoms. The summed E-state index contributed by atoms with van der Waals surface area (Å²) >= 11 is 0. The molecule has 0 radical (unpaired) electrons. The Hall–Kier alpha value is -3.21. The van der Waals surface area contributed by atoms with Crippen molar-refractivity contribution in [3.05, 3.63) is 47.5 Å². The lowest BCUT2D eigenvalue weighted by atomic mass is 9.92. The predicted molar refractivity (Wildman–Crippen MR) is 189 cm³/mol. The molecule has 3 fully saturated rings. The van der Waals surface area contributed by atoms with Crippen LogP contribution in [0.4, 0.5) is 0 Å². The number of carbonyl (C=O) groups excluding carboxylic acids is 1. The molecule has 0 spiro atoms. The number of aliphatic hydroxyl groups is 8. The van der Waals surface area contributed by atoms with Crippen LogP contribution in [0, 0.1) is 11.8 Å². The number of amides is 1. The lowest BCUT2D eigenvalue weighted by Gasteiger charge is -2.40. The molecule has 0 bridgehead atoms. The number of piperazine rings is 1. The van der Waals surface area contributed by atoms with Gasteiger partial charge in [-0.05, 0) is 43.7 Å². The number of hydrogen-bond donors (Lipinski definition) is 9. The van der Waals surface area contributed by atoms with Crippen LogP contribution in [-0.2, 0) is 27.2 Å². The molecule has 0 saturated carbocycles. The van der Waals surface area contributed by atoms with Gasteiger partial charge in [0.05, 0.1) is 24.8 Å². The monoisotopic (exact) mass is 726 g/mol. The van der Waals surface area contributed by atoms with Crippen LogP contribution in [0.15, 0.2) is 36.4 Å². The highest BCUT2D eigenvalue weighted by Crippen LogP contribution is 2.32. The van der Waals surface area contributed by atoms with E-state index in [9.17, 15) is 45.6 Å². The lowest BCUT2D eigenvalue weighted by Crippen LogP contribution is -2.58. The van der Waals surface area contributed by atoms with Crippen molar-refractivity contribution in [3.63, 3.8) is 0 Å². The number of likely N-dealkylation sites (N-methyl/N-ethyl adjacent to an activating group) is 1. The van der Waals surface area contributed by atoms with Gasteiger partial charge in [-0.3, -0.25) is 9.69 Å². The second-order valence-corrected chi connectivity index (χ2v) is 14.1. The summed E-state index contributed by atoms with van der Waals surface area (Å²) < 4.78 is 13.2. The van der Waals surface area contributed by atoms with Gasteiger partial charge in [-0.1, -0.05) is 30.0 Å². The molecule has 284 valence electrons. The van der Waals surface area contributed by atoms with Crippen LogP contribution in [0.1, 0.15) is 17.5 Å². The zero-order valence-electron chi connectivity index (χ0n) is 29.2. The van der Waals surface area contributed by atoms with Crippen molar-refractivity contribution in [1.29, 1.82) is 0 Å². The second-order valence-electron chi connectivity index (χ2n) is 14.1. The number of nitrogens with one attached hydrogen (secondary N) is 1. The number of rotatable bonds is 10. The quantitative estimate of drug-likeness (QED) is 0.0961. The molecule has 3 aliphatic heterocycles. The van der Waals surface area contributed by atoms with Crippen LogP contribution in [0.25, 0.3) is 21.8 Å². The molecule has 3 aliphatic rings. The number of nitrogens with zero attached hydrogens (tertiary/aromatic N) is 3. The third-order valence-corrected chi connectivity index (χ3v) is 10.5. The van der Waals surface area contributed by atoms with Crippen molar-refractivity contribution in [2.45, 2.75) is 80.4 Å². The fourth-order valence-corrected chi connectivity index (χ4v) is 7.27. The smallest absolute Gasteiger partial charge is 0.240 e. The van der Waals surface area contributed by atoms with Crippen molar-refractivity contribution in [1.82, 2.24) is 19.7 Å². The summed E-state index contributed by atoms with van der Waals surface area (Å²) in [6.45, 7) is 4.05. The number of aromatic nitrogens is 1. The van der Waals surface area contributed by atoms with E-state index in [4.69, 9.17) is 9.47 Å². The molecule has 3 aromatic rings. The van der Waals surface area contributed by atoms with Crippen LogP contribution >= 0.6 is 0 Å². The third-order valence-electron chi connectivity index (χ3n) is 10.5. The predicted octanol–water partition coefficient (Wildman–Crippen LogP) is -2.87. The van der Waals surface area contributed by atoms with Gasteiger partial charge in [0, 0.05) is 61.1 Å². The van der Waals surface area contributed by atoms with E-state index in [2.05, 4.69) is 34.0 Å². The number of fused-ring (bicyclic) bond motifs is 3. The fraction of sp³-hybridized carbons (Fsp3) is 0.595. The van der Waals surface area contributed by atoms with E-state index in [0.29, 0.717) is 24.9 Å². The largest absolute Gasteiger partial charge is 0.394 e. The Morgan fingerprint density at radius 1 is 0.788 bits per heavy atom. The van der Waals surface area contributed by atoms with Crippen LogP contribution in [0.3, 0.4) is 0 Å². The molecule has 1 aromatic heterocycles. The van der Waals surface area contributed by atoms with E-state index in [0.717, 1.165) is 60.1 Å². The minimum atomic E-state index is -1.54. The summed E-state index contributed by atoms with van der Waals surface area (Å²) in [4.78, 5) is 18.0. The first kappa shape index (κ1) is 38.5. The van der Waals surface area contributed by atoms with E-state index < -0.39 is 74.3 Å². The standard InChI is InChI=1S/C37H50N4O11/c1-39-12-14-40(15-13-39)11-10-38-31(44)18-41-25-16-21(4-8-27-32(45)36(49)34(47)29(19-42)51-27)2-6-23(25)24-7-3-22(17-26(24)41)5-9-28-33(46)37(50)35(48)30(20-43)52-28/h2-3,6-7,16-17,27-30,32-37,42-43,45-50H,4,8,10-15,18-20H2,1H3,(H,38,44)/t27-,28-,29-,30-,32-,33-,34-,35-,36-,37-/m1/s1. The molecule has 4 heterocycles. The molecule has 3 saturated heterocycles. The van der Waals surface area contributed by atoms with Gasteiger partial charge in [0.25, 0.3) is 0 Å². The topological polar surface area (TPSA) is 221 Å². The van der Waals surface area contributed by atoms with Crippen molar-refractivity contribution < 1.29 is 55.1 Å². The maximum Gasteiger partial charge on any atom is 0.240 e. The Labute approximate surface area is 301 Å². The first-order chi connectivity index (χ1) is 25.0. The molecule has 10 atom stereocenters. The van der Waals surface area contributed by atoms with E-state index in [1.807, 2.05) is 34.9 Å². The SMILES string of the molecule is CN1CCN(CCNC(=O)Cn2c3cc(C#C[C@H]4O[C@H](CO)[C@@H](O)[C@H](O)[C@@H]4O)ccc3c3ccc(CC[C@H]4O[C@H](CO)[C@@H](O)[C@H](O)[C@@H]4O)cc32)CC1. The average molecular weight is 727 g/mol. The maximum atomic E-state index is 13.4. The summed E-state index contributed by atoms with van der Waals surface area (Å²) in [6.07, 6.45) is -12.0. The molecular weight excluding hydrogens is 676 g/mol. The Morgan fingerprint density at radius 2 is 1.40 bits per heavy atom. The zero-order chi connectivity index (χ0) is 37.1. The Kier molecular flexibility index (Phi) is 12.5. The van der Waals surface area contributed by atoms with Crippen molar-refractivity contribution in [2.75, 3.05) is 59.5 Å². The average Bonchev–Trinajstić information content (AvgIpc) is 3.44. The molecule has 9 N–H and O–H groups in total. The Balaban J connectivity index is 1.26. The highest BCUT2D eigenvalue weighted by atomic mass is 16.5. The van der Waals surface area contributed by atoms with E-state index in [-0.39, 0.29) is 12.5 Å². The molecule has 2 aromatic carbocycles. The summed E-state index contributed by atoms with van der Waals surface area (Å²) in [5.74, 6) is 5.62. The Bertz CT molecular complexity index is 1750. The summed E-state index contributed by atoms with van der Waals surface area (Å²) in [5.41, 5.74) is 2.95. The van der Waals surface area contributed by atoms with Crippen LogP contribution < -0.4 is 5.32 Å². The maximum absolute atomic E-state index is 13.4. The van der Waals surface area contributed by atoms with Crippen LogP contribution in [0.5, 0.6) is 0 Å². The van der Waals surface area contributed by atoms with Crippen LogP contribution in [-0.4, -0.2) is 182 Å². The minimum Gasteiger partial charge on any atom is -0.394 e. The van der Waals surface area contributed by atoms with E-state index in [1.165, 1.54) is 0 Å². The zero-order valence-corrected chi connectivity index (χ0v) is 29.2. The highest BCUT2D eigenvalue weighted by molar-refractivity contribution is 6.09. The minimum absolute atomic E-state index is 0.0164. The van der Waals surface area contributed by atoms with Gasteiger partial charge in [0.15, 0.2) is 0 Å². The molecule has 1 amide bonds. The van der Waals surface area contributed by atoms with Gasteiger partial charge >= 0.3 is 0 Å². The van der Waals surface area contributed by atoms with Crippen molar-refractivity contribution >= 4 is 27.7 Å². The normalized spacial score (nSPS) is 31.8. The lowest BCUT2D eigenvalue weighted by molar-refractivity contribution is -0.230. The molecule has 15 heteroatoms. The Morgan fingerprint density at radius 3 is 2.10 bits per heavy atom. The highest BCUT2D eigenvalue weighted by Gasteiger charge is 2.44. The van der Waals surface area contributed by atoms with Crippen LogP contribution in [0.2, 0.25) is 0 Å². The van der Waals surface area contributed by atoms with Gasteiger partial charge in [-0.25, -0.2) is 0 Å². The first-order valence-electron chi connectivity index (χ1n) is 17.8. The number of ether oxygens (including phenoxy) is 2. The van der Waals surface area contributed by atoms with Crippen molar-refractivity contribution in [2.24, 2.45) is 0 Å². The summed E-state index contributed by atoms with van der Waals surface area (Å²) in [5, 5.41) is 85.7. The van der Waals surface area contributed by atoms with Gasteiger partial charge in [-0.2, -0.15) is 0 Å². The number of benzene rings is 2. The van der Waals surface area contributed by atoms with E-state index in [1.54, 1.807) is 6.07 Å². The molecule has 0 unspecified atom stereocenters. The van der Waals surface area contributed by atoms with Gasteiger partial charge < -0.3 is 65.1 Å². The fourth-order valence-electron chi connectivity index (χ4n) is 7.27. The first-order valence-corrected chi connectivity index (χ1v) is 17.8. The summed E-state index contributed by atoms with van der Waals surface area (Å²) in [6, 6.07) is 11.4. The van der Waals surface area contributed by atoms with Gasteiger partial charge in [-0.15, -0.1) is 0 Å². The van der Waals surface area contributed by atoms with Crippen molar-refractivity contribution in [3.8, 4) is 11.8 Å². The number of hydrogen-bond acceptors (Lipinski definition) is 13. The number of aryl methyl sites for hydroxylation is 1. The molecule has 0 aliphatic carbocycles.